The summed E-state index contributed by atoms with van der Waals surface area (Å²) in [5.74, 6) is 1.52. The average molecular weight is 327 g/mol. The van der Waals surface area contributed by atoms with Crippen molar-refractivity contribution in [3.63, 3.8) is 0 Å². The number of rotatable bonds is 4. The molecule has 0 radical (unpaired) electrons. The van der Waals surface area contributed by atoms with Crippen molar-refractivity contribution in [1.82, 2.24) is 10.2 Å². The van der Waals surface area contributed by atoms with Crippen LogP contribution in [-0.4, -0.2) is 30.1 Å². The molecule has 0 amide bonds. The molecule has 1 saturated heterocycles. The molecule has 1 aliphatic heterocycles. The van der Waals surface area contributed by atoms with Gasteiger partial charge in [0.2, 0.25) is 0 Å². The van der Waals surface area contributed by atoms with Gasteiger partial charge in [-0.25, -0.2) is 0 Å². The van der Waals surface area contributed by atoms with Crippen LogP contribution in [0.25, 0.3) is 0 Å². The lowest BCUT2D eigenvalue weighted by atomic mass is 9.96. The molecule has 3 rings (SSSR count). The molecule has 4 heteroatoms. The van der Waals surface area contributed by atoms with Crippen LogP contribution in [0.5, 0.6) is 0 Å². The lowest BCUT2D eigenvalue weighted by Gasteiger charge is -2.43. The second-order valence-corrected chi connectivity index (χ2v) is 7.59. The van der Waals surface area contributed by atoms with Gasteiger partial charge in [-0.15, -0.1) is 0 Å². The number of hydrogen-bond donors (Lipinski definition) is 1. The van der Waals surface area contributed by atoms with Crippen molar-refractivity contribution >= 4 is 23.2 Å². The Bertz CT molecular complexity index is 500. The van der Waals surface area contributed by atoms with E-state index in [1.165, 1.54) is 12.8 Å². The van der Waals surface area contributed by atoms with E-state index in [4.69, 9.17) is 23.2 Å². The van der Waals surface area contributed by atoms with E-state index in [1.807, 2.05) is 12.1 Å². The first-order valence-corrected chi connectivity index (χ1v) is 8.72. The largest absolute Gasteiger partial charge is 0.311 e. The van der Waals surface area contributed by atoms with Crippen molar-refractivity contribution in [3.8, 4) is 0 Å². The molecule has 21 heavy (non-hydrogen) atoms. The quantitative estimate of drug-likeness (QED) is 0.891. The van der Waals surface area contributed by atoms with E-state index in [1.54, 1.807) is 0 Å². The Labute approximate surface area is 137 Å². The number of halogens is 2. The van der Waals surface area contributed by atoms with Crippen LogP contribution < -0.4 is 5.32 Å². The van der Waals surface area contributed by atoms with Crippen LogP contribution in [-0.2, 0) is 6.54 Å². The number of hydrogen-bond acceptors (Lipinski definition) is 2. The third-order valence-electron chi connectivity index (χ3n) is 4.85. The Kier molecular flexibility index (Phi) is 4.80. The maximum atomic E-state index is 6.38. The zero-order chi connectivity index (χ0) is 15.0. The van der Waals surface area contributed by atoms with Crippen molar-refractivity contribution in [3.05, 3.63) is 33.8 Å². The molecule has 116 valence electrons. The molecule has 1 aromatic carbocycles. The summed E-state index contributed by atoms with van der Waals surface area (Å²) in [7, 11) is 0. The maximum absolute atomic E-state index is 6.38. The minimum atomic E-state index is 0.565. The Morgan fingerprint density at radius 1 is 1.29 bits per heavy atom. The van der Waals surface area contributed by atoms with Gasteiger partial charge in [0.15, 0.2) is 0 Å². The number of piperazine rings is 1. The highest BCUT2D eigenvalue weighted by Crippen LogP contribution is 2.35. The lowest BCUT2D eigenvalue weighted by Crippen LogP contribution is -2.58. The summed E-state index contributed by atoms with van der Waals surface area (Å²) in [6.45, 7) is 7.70. The van der Waals surface area contributed by atoms with Gasteiger partial charge in [0.05, 0.1) is 10.0 Å². The van der Waals surface area contributed by atoms with Crippen LogP contribution in [0.2, 0.25) is 10.0 Å². The third-order valence-corrected chi connectivity index (χ3v) is 5.71. The average Bonchev–Trinajstić information content (AvgIpc) is 3.28. The van der Waals surface area contributed by atoms with Crippen LogP contribution >= 0.6 is 23.2 Å². The lowest BCUT2D eigenvalue weighted by molar-refractivity contribution is 0.0852. The first-order chi connectivity index (χ1) is 10.1. The van der Waals surface area contributed by atoms with Gasteiger partial charge in [-0.2, -0.15) is 0 Å². The van der Waals surface area contributed by atoms with E-state index < -0.39 is 0 Å². The molecule has 1 saturated carbocycles. The summed E-state index contributed by atoms with van der Waals surface area (Å²) in [6.07, 6.45) is 2.77. The number of nitrogens with zero attached hydrogens (tertiary/aromatic N) is 1. The first-order valence-electron chi connectivity index (χ1n) is 7.96. The van der Waals surface area contributed by atoms with E-state index in [0.29, 0.717) is 28.0 Å². The molecule has 2 aliphatic rings. The molecular formula is C17H24Cl2N2. The molecule has 1 heterocycles. The van der Waals surface area contributed by atoms with E-state index in [9.17, 15) is 0 Å². The zero-order valence-corrected chi connectivity index (χ0v) is 14.3. The summed E-state index contributed by atoms with van der Waals surface area (Å²) in [6, 6.07) is 7.17. The van der Waals surface area contributed by atoms with Crippen molar-refractivity contribution in [2.75, 3.05) is 13.1 Å². The number of nitrogens with one attached hydrogen (secondary N) is 1. The van der Waals surface area contributed by atoms with Crippen LogP contribution in [0.3, 0.4) is 0 Å². The van der Waals surface area contributed by atoms with Crippen LogP contribution in [0.4, 0.5) is 0 Å². The SMILES string of the molecule is CC(C)C1CNC(C2CC2)CN1Cc1cccc(Cl)c1Cl. The van der Waals surface area contributed by atoms with Gasteiger partial charge in [0, 0.05) is 31.7 Å². The molecular weight excluding hydrogens is 303 g/mol. The Morgan fingerprint density at radius 3 is 2.71 bits per heavy atom. The topological polar surface area (TPSA) is 15.3 Å². The Balaban J connectivity index is 1.76. The van der Waals surface area contributed by atoms with Crippen molar-refractivity contribution in [2.24, 2.45) is 11.8 Å². The molecule has 1 aromatic rings. The van der Waals surface area contributed by atoms with Crippen LogP contribution in [0.15, 0.2) is 18.2 Å². The molecule has 2 atom stereocenters. The van der Waals surface area contributed by atoms with Crippen molar-refractivity contribution < 1.29 is 0 Å². The molecule has 2 fully saturated rings. The van der Waals surface area contributed by atoms with Crippen LogP contribution in [0.1, 0.15) is 32.3 Å². The highest BCUT2D eigenvalue weighted by molar-refractivity contribution is 6.42. The summed E-state index contributed by atoms with van der Waals surface area (Å²) in [5, 5.41) is 5.12. The van der Waals surface area contributed by atoms with E-state index in [-0.39, 0.29) is 0 Å². The molecule has 2 nitrogen and oxygen atoms in total. The van der Waals surface area contributed by atoms with Crippen LogP contribution in [0, 0.1) is 11.8 Å². The first kappa shape index (κ1) is 15.6. The van der Waals surface area contributed by atoms with Gasteiger partial charge in [-0.1, -0.05) is 49.2 Å². The molecule has 0 bridgehead atoms. The second kappa shape index (κ2) is 6.45. The van der Waals surface area contributed by atoms with Gasteiger partial charge in [-0.05, 0) is 36.3 Å². The standard InChI is InChI=1S/C17H24Cl2N2/c1-11(2)16-8-20-15(12-6-7-12)10-21(16)9-13-4-3-5-14(18)17(13)19/h3-5,11-12,15-16,20H,6-10H2,1-2H3. The van der Waals surface area contributed by atoms with Crippen molar-refractivity contribution in [1.29, 1.82) is 0 Å². The predicted molar refractivity (Wildman–Crippen MR) is 90.0 cm³/mol. The summed E-state index contributed by atoms with van der Waals surface area (Å²) < 4.78 is 0. The fourth-order valence-electron chi connectivity index (χ4n) is 3.40. The highest BCUT2D eigenvalue weighted by atomic mass is 35.5. The minimum Gasteiger partial charge on any atom is -0.311 e. The normalized spacial score (nSPS) is 27.3. The fourth-order valence-corrected chi connectivity index (χ4v) is 3.78. The maximum Gasteiger partial charge on any atom is 0.0637 e. The van der Waals surface area contributed by atoms with Gasteiger partial charge in [0.1, 0.15) is 0 Å². The summed E-state index contributed by atoms with van der Waals surface area (Å²) in [4.78, 5) is 2.60. The second-order valence-electron chi connectivity index (χ2n) is 6.81. The van der Waals surface area contributed by atoms with Gasteiger partial charge < -0.3 is 5.32 Å². The van der Waals surface area contributed by atoms with E-state index in [0.717, 1.165) is 31.1 Å². The predicted octanol–water partition coefficient (Wildman–Crippen LogP) is 4.20. The third kappa shape index (κ3) is 3.56. The molecule has 2 unspecified atom stereocenters. The molecule has 1 N–H and O–H groups in total. The smallest absolute Gasteiger partial charge is 0.0637 e. The molecule has 0 aromatic heterocycles. The van der Waals surface area contributed by atoms with Gasteiger partial charge in [-0.3, -0.25) is 4.90 Å². The number of benzene rings is 1. The minimum absolute atomic E-state index is 0.565. The summed E-state index contributed by atoms with van der Waals surface area (Å²) in [5.41, 5.74) is 1.14. The Morgan fingerprint density at radius 2 is 2.05 bits per heavy atom. The zero-order valence-electron chi connectivity index (χ0n) is 12.8. The van der Waals surface area contributed by atoms with Crippen molar-refractivity contribution in [2.45, 2.75) is 45.3 Å². The van der Waals surface area contributed by atoms with E-state index >= 15 is 0 Å². The van der Waals surface area contributed by atoms with Gasteiger partial charge >= 0.3 is 0 Å². The molecule has 1 aliphatic carbocycles. The van der Waals surface area contributed by atoms with Gasteiger partial charge in [0.25, 0.3) is 0 Å². The highest BCUT2D eigenvalue weighted by Gasteiger charge is 2.38. The van der Waals surface area contributed by atoms with E-state index in [2.05, 4.69) is 30.1 Å². The Hall–Kier alpha value is -0.280. The molecule has 0 spiro atoms. The monoisotopic (exact) mass is 326 g/mol. The summed E-state index contributed by atoms with van der Waals surface area (Å²) >= 11 is 12.5. The fraction of sp³-hybridized carbons (Fsp3) is 0.647.